The monoisotopic (exact) mass is 269 g/mol. The zero-order chi connectivity index (χ0) is 13.2. The standard InChI is InChI=1S/C14H20ClNO2/c1-10(7-16)6-14(8-18-9-14)12-4-3-11(17-2)5-13(12)15/h3-5,10H,6-9,16H2,1-2H3. The third-order valence-corrected chi connectivity index (χ3v) is 3.96. The fraction of sp³-hybridized carbons (Fsp3) is 0.571. The molecule has 0 bridgehead atoms. The first kappa shape index (κ1) is 13.7. The number of hydrogen-bond acceptors (Lipinski definition) is 3. The predicted octanol–water partition coefficient (Wildman–Crippen LogP) is 2.60. The summed E-state index contributed by atoms with van der Waals surface area (Å²) in [5, 5.41) is 0.752. The van der Waals surface area contributed by atoms with Crippen molar-refractivity contribution in [1.82, 2.24) is 0 Å². The van der Waals surface area contributed by atoms with Gasteiger partial charge in [0.25, 0.3) is 0 Å². The first-order valence-electron chi connectivity index (χ1n) is 6.23. The fourth-order valence-electron chi connectivity index (χ4n) is 2.54. The van der Waals surface area contributed by atoms with Crippen molar-refractivity contribution in [3.8, 4) is 5.75 Å². The lowest BCUT2D eigenvalue weighted by atomic mass is 9.72. The first-order chi connectivity index (χ1) is 8.61. The molecule has 0 saturated carbocycles. The number of benzene rings is 1. The third-order valence-electron chi connectivity index (χ3n) is 3.65. The van der Waals surface area contributed by atoms with Crippen molar-refractivity contribution in [2.75, 3.05) is 26.9 Å². The molecule has 1 heterocycles. The molecule has 100 valence electrons. The molecule has 1 aliphatic rings. The van der Waals surface area contributed by atoms with E-state index >= 15 is 0 Å². The van der Waals surface area contributed by atoms with Crippen molar-refractivity contribution in [3.63, 3.8) is 0 Å². The second-order valence-electron chi connectivity index (χ2n) is 5.16. The fourth-order valence-corrected chi connectivity index (χ4v) is 2.91. The van der Waals surface area contributed by atoms with E-state index in [4.69, 9.17) is 26.8 Å². The summed E-state index contributed by atoms with van der Waals surface area (Å²) in [6, 6.07) is 5.87. The highest BCUT2D eigenvalue weighted by Gasteiger charge is 2.42. The summed E-state index contributed by atoms with van der Waals surface area (Å²) in [5.41, 5.74) is 6.91. The number of nitrogens with two attached hydrogens (primary N) is 1. The van der Waals surface area contributed by atoms with Gasteiger partial charge in [0.2, 0.25) is 0 Å². The number of rotatable bonds is 5. The Bertz CT molecular complexity index is 418. The van der Waals surface area contributed by atoms with Crippen molar-refractivity contribution < 1.29 is 9.47 Å². The van der Waals surface area contributed by atoms with Crippen molar-refractivity contribution in [3.05, 3.63) is 28.8 Å². The number of ether oxygens (including phenoxy) is 2. The molecule has 4 heteroatoms. The van der Waals surface area contributed by atoms with E-state index in [1.54, 1.807) is 7.11 Å². The molecule has 1 unspecified atom stereocenters. The Kier molecular flexibility index (Phi) is 4.15. The van der Waals surface area contributed by atoms with E-state index in [1.165, 1.54) is 0 Å². The van der Waals surface area contributed by atoms with E-state index in [9.17, 15) is 0 Å². The van der Waals surface area contributed by atoms with Crippen LogP contribution in [-0.2, 0) is 10.2 Å². The van der Waals surface area contributed by atoms with Gasteiger partial charge in [-0.2, -0.15) is 0 Å². The van der Waals surface area contributed by atoms with Crippen molar-refractivity contribution >= 4 is 11.6 Å². The van der Waals surface area contributed by atoms with Crippen LogP contribution in [-0.4, -0.2) is 26.9 Å². The van der Waals surface area contributed by atoms with Gasteiger partial charge in [-0.05, 0) is 36.6 Å². The van der Waals surface area contributed by atoms with Crippen LogP contribution in [0.4, 0.5) is 0 Å². The lowest BCUT2D eigenvalue weighted by Gasteiger charge is -2.44. The minimum atomic E-state index is 0.0299. The van der Waals surface area contributed by atoms with Gasteiger partial charge < -0.3 is 15.2 Å². The Hall–Kier alpha value is -0.770. The zero-order valence-electron chi connectivity index (χ0n) is 10.9. The molecule has 1 atom stereocenters. The molecular formula is C14H20ClNO2. The summed E-state index contributed by atoms with van der Waals surface area (Å²) in [7, 11) is 1.64. The van der Waals surface area contributed by atoms with Crippen LogP contribution in [0.2, 0.25) is 5.02 Å². The van der Waals surface area contributed by atoms with Crippen molar-refractivity contribution in [2.24, 2.45) is 11.7 Å². The molecule has 0 aliphatic carbocycles. The molecule has 1 fully saturated rings. The summed E-state index contributed by atoms with van der Waals surface area (Å²) >= 11 is 6.37. The Balaban J connectivity index is 2.27. The highest BCUT2D eigenvalue weighted by atomic mass is 35.5. The third kappa shape index (κ3) is 2.48. The van der Waals surface area contributed by atoms with Gasteiger partial charge in [0, 0.05) is 10.4 Å². The maximum atomic E-state index is 6.37. The number of halogens is 1. The lowest BCUT2D eigenvalue weighted by Crippen LogP contribution is -2.48. The van der Waals surface area contributed by atoms with Gasteiger partial charge in [0.1, 0.15) is 5.75 Å². The van der Waals surface area contributed by atoms with Crippen molar-refractivity contribution in [1.29, 1.82) is 0 Å². The zero-order valence-corrected chi connectivity index (χ0v) is 11.7. The molecule has 0 aromatic heterocycles. The van der Waals surface area contributed by atoms with Gasteiger partial charge in [0.05, 0.1) is 20.3 Å². The maximum Gasteiger partial charge on any atom is 0.120 e. The Morgan fingerprint density at radius 1 is 1.50 bits per heavy atom. The van der Waals surface area contributed by atoms with Crippen LogP contribution < -0.4 is 10.5 Å². The van der Waals surface area contributed by atoms with Crippen LogP contribution in [0.5, 0.6) is 5.75 Å². The molecule has 0 amide bonds. The van der Waals surface area contributed by atoms with Crippen LogP contribution >= 0.6 is 11.6 Å². The molecule has 0 spiro atoms. The van der Waals surface area contributed by atoms with Crippen LogP contribution in [0.1, 0.15) is 18.9 Å². The van der Waals surface area contributed by atoms with Gasteiger partial charge in [-0.15, -0.1) is 0 Å². The molecule has 18 heavy (non-hydrogen) atoms. The van der Waals surface area contributed by atoms with Crippen LogP contribution in [0.3, 0.4) is 0 Å². The van der Waals surface area contributed by atoms with Gasteiger partial charge in [-0.25, -0.2) is 0 Å². The second-order valence-corrected chi connectivity index (χ2v) is 5.57. The van der Waals surface area contributed by atoms with E-state index in [0.29, 0.717) is 12.5 Å². The smallest absolute Gasteiger partial charge is 0.120 e. The summed E-state index contributed by atoms with van der Waals surface area (Å²) in [6.45, 7) is 4.31. The largest absolute Gasteiger partial charge is 0.497 e. The predicted molar refractivity (Wildman–Crippen MR) is 73.3 cm³/mol. The van der Waals surface area contributed by atoms with Gasteiger partial charge in [0.15, 0.2) is 0 Å². The summed E-state index contributed by atoms with van der Waals surface area (Å²) in [6.07, 6.45) is 1.01. The summed E-state index contributed by atoms with van der Waals surface area (Å²) in [5.74, 6) is 1.25. The number of hydrogen-bond donors (Lipinski definition) is 1. The molecule has 1 saturated heterocycles. The van der Waals surface area contributed by atoms with E-state index in [1.807, 2.05) is 18.2 Å². The average molecular weight is 270 g/mol. The van der Waals surface area contributed by atoms with Gasteiger partial charge in [-0.3, -0.25) is 0 Å². The molecule has 2 rings (SSSR count). The van der Waals surface area contributed by atoms with Crippen LogP contribution in [0, 0.1) is 5.92 Å². The van der Waals surface area contributed by atoms with E-state index in [-0.39, 0.29) is 5.41 Å². The molecule has 2 N–H and O–H groups in total. The van der Waals surface area contributed by atoms with Crippen LogP contribution in [0.25, 0.3) is 0 Å². The Morgan fingerprint density at radius 3 is 2.67 bits per heavy atom. The maximum absolute atomic E-state index is 6.37. The molecule has 0 radical (unpaired) electrons. The molecule has 1 aliphatic heterocycles. The SMILES string of the molecule is COc1ccc(C2(CC(C)CN)COC2)c(Cl)c1. The van der Waals surface area contributed by atoms with Crippen molar-refractivity contribution in [2.45, 2.75) is 18.8 Å². The molecular weight excluding hydrogens is 250 g/mol. The van der Waals surface area contributed by atoms with Gasteiger partial charge in [-0.1, -0.05) is 24.6 Å². The van der Waals surface area contributed by atoms with E-state index in [0.717, 1.165) is 36.0 Å². The minimum Gasteiger partial charge on any atom is -0.497 e. The topological polar surface area (TPSA) is 44.5 Å². The molecule has 1 aromatic carbocycles. The average Bonchev–Trinajstić information content (AvgIpc) is 2.33. The van der Waals surface area contributed by atoms with Crippen LogP contribution in [0.15, 0.2) is 18.2 Å². The highest BCUT2D eigenvalue weighted by Crippen LogP contribution is 2.42. The number of methoxy groups -OCH3 is 1. The Labute approximate surface area is 113 Å². The normalized spacial score (nSPS) is 19.1. The first-order valence-corrected chi connectivity index (χ1v) is 6.61. The minimum absolute atomic E-state index is 0.0299. The second kappa shape index (κ2) is 5.47. The molecule has 1 aromatic rings. The highest BCUT2D eigenvalue weighted by molar-refractivity contribution is 6.31. The van der Waals surface area contributed by atoms with Gasteiger partial charge >= 0.3 is 0 Å². The molecule has 3 nitrogen and oxygen atoms in total. The van der Waals surface area contributed by atoms with E-state index < -0.39 is 0 Å². The van der Waals surface area contributed by atoms with E-state index in [2.05, 4.69) is 6.92 Å². The lowest BCUT2D eigenvalue weighted by molar-refractivity contribution is -0.0701. The summed E-state index contributed by atoms with van der Waals surface area (Å²) in [4.78, 5) is 0. The summed E-state index contributed by atoms with van der Waals surface area (Å²) < 4.78 is 10.6. The Morgan fingerprint density at radius 2 is 2.22 bits per heavy atom. The quantitative estimate of drug-likeness (QED) is 0.894.